The molecule has 4 nitrogen and oxygen atoms in total. The van der Waals surface area contributed by atoms with Crippen LogP contribution in [0.1, 0.15) is 12.5 Å². The van der Waals surface area contributed by atoms with E-state index in [0.717, 1.165) is 16.1 Å². The zero-order valence-corrected chi connectivity index (χ0v) is 10.8. The Bertz CT molecular complexity index is 537. The molecular formula is C13H13NO3S. The molecule has 0 bridgehead atoms. The fourth-order valence-corrected chi connectivity index (χ4v) is 3.05. The van der Waals surface area contributed by atoms with E-state index in [1.165, 1.54) is 11.8 Å². The summed E-state index contributed by atoms with van der Waals surface area (Å²) in [4.78, 5) is 24.2. The lowest BCUT2D eigenvalue weighted by atomic mass is 9.75. The monoisotopic (exact) mass is 263 g/mol. The first kappa shape index (κ1) is 11.7. The molecule has 2 heterocycles. The Morgan fingerprint density at radius 1 is 1.44 bits per heavy atom. The Balaban J connectivity index is 2.01. The van der Waals surface area contributed by atoms with Crippen molar-refractivity contribution in [1.29, 1.82) is 0 Å². The highest BCUT2D eigenvalue weighted by Crippen LogP contribution is 2.39. The minimum Gasteiger partial charge on any atom is -0.378 e. The van der Waals surface area contributed by atoms with Gasteiger partial charge in [0.15, 0.2) is 0 Å². The van der Waals surface area contributed by atoms with Gasteiger partial charge in [0, 0.05) is 4.90 Å². The number of hydrogen-bond donors (Lipinski definition) is 1. The summed E-state index contributed by atoms with van der Waals surface area (Å²) in [6.07, 6.45) is 0. The van der Waals surface area contributed by atoms with Crippen LogP contribution in [-0.2, 0) is 19.7 Å². The summed E-state index contributed by atoms with van der Waals surface area (Å²) in [5, 5.41) is 2.85. The fourth-order valence-electron chi connectivity index (χ4n) is 2.26. The van der Waals surface area contributed by atoms with Crippen molar-refractivity contribution in [3.05, 3.63) is 23.8 Å². The third-order valence-electron chi connectivity index (χ3n) is 3.54. The fraction of sp³-hybridized carbons (Fsp3) is 0.385. The predicted octanol–water partition coefficient (Wildman–Crippen LogP) is 1.59. The van der Waals surface area contributed by atoms with Crippen LogP contribution in [0.3, 0.4) is 0 Å². The molecule has 0 aromatic heterocycles. The van der Waals surface area contributed by atoms with Crippen LogP contribution in [0.4, 0.5) is 5.69 Å². The van der Waals surface area contributed by atoms with E-state index in [2.05, 4.69) is 5.32 Å². The molecule has 1 saturated heterocycles. The largest absolute Gasteiger partial charge is 0.378 e. The van der Waals surface area contributed by atoms with Crippen LogP contribution in [0.2, 0.25) is 0 Å². The molecule has 0 atom stereocenters. The number of carbonyl (C=O) groups is 2. The van der Waals surface area contributed by atoms with E-state index >= 15 is 0 Å². The first-order valence-electron chi connectivity index (χ1n) is 5.78. The second kappa shape index (κ2) is 4.10. The van der Waals surface area contributed by atoms with Crippen LogP contribution in [0, 0.1) is 0 Å². The zero-order valence-electron chi connectivity index (χ0n) is 9.99. The lowest BCUT2D eigenvalue weighted by Gasteiger charge is -2.40. The Kier molecular flexibility index (Phi) is 2.68. The maximum absolute atomic E-state index is 11.8. The van der Waals surface area contributed by atoms with Gasteiger partial charge in [-0.2, -0.15) is 0 Å². The molecule has 2 aliphatic heterocycles. The molecule has 0 spiro atoms. The normalized spacial score (nSPS) is 20.6. The molecule has 1 N–H and O–H groups in total. The van der Waals surface area contributed by atoms with Crippen LogP contribution in [0.15, 0.2) is 23.1 Å². The van der Waals surface area contributed by atoms with Crippen LogP contribution >= 0.6 is 11.8 Å². The van der Waals surface area contributed by atoms with Gasteiger partial charge in [-0.25, -0.2) is 0 Å². The molecule has 0 aliphatic carbocycles. The quantitative estimate of drug-likeness (QED) is 0.880. The van der Waals surface area contributed by atoms with Crippen molar-refractivity contribution in [1.82, 2.24) is 0 Å². The van der Waals surface area contributed by atoms with Crippen molar-refractivity contribution >= 4 is 29.1 Å². The summed E-state index contributed by atoms with van der Waals surface area (Å²) in [5.41, 5.74) is 1.23. The van der Waals surface area contributed by atoms with E-state index in [1.807, 2.05) is 18.2 Å². The average molecular weight is 263 g/mol. The lowest BCUT2D eigenvalue weighted by molar-refractivity contribution is -0.140. The second-order valence-electron chi connectivity index (χ2n) is 4.68. The van der Waals surface area contributed by atoms with Crippen LogP contribution in [-0.4, -0.2) is 30.7 Å². The highest BCUT2D eigenvalue weighted by atomic mass is 32.2. The summed E-state index contributed by atoms with van der Waals surface area (Å²) in [5.74, 6) is 0.572. The number of ether oxygens (including phenoxy) is 1. The van der Waals surface area contributed by atoms with E-state index < -0.39 is 5.41 Å². The van der Waals surface area contributed by atoms with Crippen molar-refractivity contribution in [2.24, 2.45) is 0 Å². The van der Waals surface area contributed by atoms with Crippen molar-refractivity contribution < 1.29 is 14.3 Å². The number of rotatable bonds is 2. The molecule has 1 aromatic carbocycles. The minimum atomic E-state index is -0.512. The van der Waals surface area contributed by atoms with E-state index in [4.69, 9.17) is 4.74 Å². The van der Waals surface area contributed by atoms with Crippen molar-refractivity contribution in [2.75, 3.05) is 24.3 Å². The molecule has 1 aromatic rings. The number of ketones is 1. The third kappa shape index (κ3) is 1.66. The molecule has 5 heteroatoms. The number of carbonyl (C=O) groups excluding carboxylic acids is 2. The molecular weight excluding hydrogens is 250 g/mol. The van der Waals surface area contributed by atoms with Gasteiger partial charge >= 0.3 is 0 Å². The van der Waals surface area contributed by atoms with Gasteiger partial charge in [0.2, 0.25) is 5.91 Å². The van der Waals surface area contributed by atoms with Crippen molar-refractivity contribution in [2.45, 2.75) is 17.2 Å². The van der Waals surface area contributed by atoms with Gasteiger partial charge < -0.3 is 10.1 Å². The summed E-state index contributed by atoms with van der Waals surface area (Å²) >= 11 is 1.52. The van der Waals surface area contributed by atoms with Gasteiger partial charge in [-0.05, 0) is 24.6 Å². The van der Waals surface area contributed by atoms with Gasteiger partial charge in [0.05, 0.1) is 24.7 Å². The molecule has 1 fully saturated rings. The highest BCUT2D eigenvalue weighted by molar-refractivity contribution is 8.00. The van der Waals surface area contributed by atoms with Crippen LogP contribution in [0.5, 0.6) is 0 Å². The summed E-state index contributed by atoms with van der Waals surface area (Å²) < 4.78 is 5.21. The highest BCUT2D eigenvalue weighted by Gasteiger charge is 2.45. The molecule has 3 rings (SSSR count). The summed E-state index contributed by atoms with van der Waals surface area (Å²) in [7, 11) is 0. The molecule has 0 radical (unpaired) electrons. The number of amides is 1. The number of thioether (sulfide) groups is 1. The molecule has 2 aliphatic rings. The maximum atomic E-state index is 11.8. The SMILES string of the molecule is CC(=O)C1(c2ccc3c(c2)NC(=O)CS3)COC1. The molecule has 0 unspecified atom stereocenters. The molecule has 0 saturated carbocycles. The van der Waals surface area contributed by atoms with E-state index in [-0.39, 0.29) is 11.7 Å². The van der Waals surface area contributed by atoms with E-state index in [1.54, 1.807) is 6.92 Å². The summed E-state index contributed by atoms with van der Waals surface area (Å²) in [6, 6.07) is 5.84. The van der Waals surface area contributed by atoms with Gasteiger partial charge in [0.1, 0.15) is 11.2 Å². The van der Waals surface area contributed by atoms with Crippen LogP contribution < -0.4 is 5.32 Å². The average Bonchev–Trinajstić information content (AvgIpc) is 2.26. The van der Waals surface area contributed by atoms with Gasteiger partial charge in [-0.15, -0.1) is 11.8 Å². The number of nitrogens with one attached hydrogen (secondary N) is 1. The van der Waals surface area contributed by atoms with E-state index in [9.17, 15) is 9.59 Å². The predicted molar refractivity (Wildman–Crippen MR) is 69.0 cm³/mol. The van der Waals surface area contributed by atoms with Crippen LogP contribution in [0.25, 0.3) is 0 Å². The maximum Gasteiger partial charge on any atom is 0.234 e. The van der Waals surface area contributed by atoms with Gasteiger partial charge in [-0.1, -0.05) is 6.07 Å². The Morgan fingerprint density at radius 2 is 2.22 bits per heavy atom. The standard InChI is InChI=1S/C13H13NO3S/c1-8(15)13(6-17-7-13)9-2-3-11-10(4-9)14-12(16)5-18-11/h2-4H,5-7H2,1H3,(H,14,16). The lowest BCUT2D eigenvalue weighted by Crippen LogP contribution is -2.52. The second-order valence-corrected chi connectivity index (χ2v) is 5.70. The topological polar surface area (TPSA) is 55.4 Å². The Labute approximate surface area is 109 Å². The first-order chi connectivity index (χ1) is 8.62. The van der Waals surface area contributed by atoms with Gasteiger partial charge in [0.25, 0.3) is 0 Å². The minimum absolute atomic E-state index is 0.00591. The van der Waals surface area contributed by atoms with Crippen molar-refractivity contribution in [3.63, 3.8) is 0 Å². The molecule has 1 amide bonds. The summed E-state index contributed by atoms with van der Waals surface area (Å²) in [6.45, 7) is 2.46. The van der Waals surface area contributed by atoms with Crippen molar-refractivity contribution in [3.8, 4) is 0 Å². The number of benzene rings is 1. The third-order valence-corrected chi connectivity index (χ3v) is 4.61. The Hall–Kier alpha value is -1.33. The number of hydrogen-bond acceptors (Lipinski definition) is 4. The number of anilines is 1. The smallest absolute Gasteiger partial charge is 0.234 e. The first-order valence-corrected chi connectivity index (χ1v) is 6.76. The molecule has 18 heavy (non-hydrogen) atoms. The number of Topliss-reactive ketones (excluding diaryl/α,β-unsaturated/α-hetero) is 1. The molecule has 94 valence electrons. The Morgan fingerprint density at radius 3 is 2.83 bits per heavy atom. The zero-order chi connectivity index (χ0) is 12.8. The number of fused-ring (bicyclic) bond motifs is 1. The van der Waals surface area contributed by atoms with Gasteiger partial charge in [-0.3, -0.25) is 9.59 Å². The van der Waals surface area contributed by atoms with E-state index in [0.29, 0.717) is 19.0 Å².